The molecule has 0 spiro atoms. The zero-order valence-corrected chi connectivity index (χ0v) is 18.0. The van der Waals surface area contributed by atoms with Gasteiger partial charge in [0.2, 0.25) is 0 Å². The maximum Gasteiger partial charge on any atom is 0.116 e. The van der Waals surface area contributed by atoms with Gasteiger partial charge in [-0.15, -0.1) is 0 Å². The third kappa shape index (κ3) is 3.96. The number of pyridine rings is 2. The van der Waals surface area contributed by atoms with E-state index < -0.39 is 0 Å². The maximum atomic E-state index is 4.55. The highest BCUT2D eigenvalue weighted by Gasteiger charge is 2.17. The number of H-pyrrole nitrogens is 2. The lowest BCUT2D eigenvalue weighted by Crippen LogP contribution is -2.03. The van der Waals surface area contributed by atoms with Gasteiger partial charge in [0.15, 0.2) is 0 Å². The van der Waals surface area contributed by atoms with Gasteiger partial charge in [-0.3, -0.25) is 25.1 Å². The Labute approximate surface area is 186 Å². The molecule has 158 valence electrons. The summed E-state index contributed by atoms with van der Waals surface area (Å²) in [5.74, 6) is 0. The van der Waals surface area contributed by atoms with Crippen LogP contribution >= 0.6 is 0 Å². The number of nitrogens with one attached hydrogen (secondary N) is 2. The van der Waals surface area contributed by atoms with E-state index in [1.165, 1.54) is 0 Å². The average molecular weight is 422 g/mol. The number of aliphatic imine (C=N–C) groups is 2. The van der Waals surface area contributed by atoms with Gasteiger partial charge in [-0.1, -0.05) is 25.3 Å². The van der Waals surface area contributed by atoms with Crippen molar-refractivity contribution >= 4 is 28.5 Å². The third-order valence-electron chi connectivity index (χ3n) is 5.00. The van der Waals surface area contributed by atoms with E-state index in [9.17, 15) is 0 Å². The summed E-state index contributed by atoms with van der Waals surface area (Å²) in [6.45, 7) is 11.4. The van der Waals surface area contributed by atoms with E-state index in [2.05, 4.69) is 54.4 Å². The average Bonchev–Trinajstić information content (AvgIpc) is 3.41. The molecule has 0 saturated carbocycles. The number of fused-ring (bicyclic) bond motifs is 1. The van der Waals surface area contributed by atoms with E-state index in [4.69, 9.17) is 0 Å². The fourth-order valence-electron chi connectivity index (χ4n) is 3.52. The number of hydrogen-bond acceptors (Lipinski definition) is 5. The Morgan fingerprint density at radius 1 is 1.16 bits per heavy atom. The molecule has 4 aromatic rings. The Morgan fingerprint density at radius 3 is 2.69 bits per heavy atom. The van der Waals surface area contributed by atoms with E-state index in [0.29, 0.717) is 0 Å². The minimum atomic E-state index is 0.759. The number of aryl methyl sites for hydroxylation is 1. The molecule has 4 rings (SSSR count). The summed E-state index contributed by atoms with van der Waals surface area (Å²) in [6.07, 6.45) is 12.0. The minimum Gasteiger partial charge on any atom is -0.357 e. The minimum absolute atomic E-state index is 0.759. The van der Waals surface area contributed by atoms with Gasteiger partial charge in [-0.25, -0.2) is 0 Å². The SMILES string of the molecule is C=CC=N/C(=C\C)c1cc2c(-c3cc(C(=NC=C)c4ccncc4)c(C)[nH]3)n[nH]c2cn1. The van der Waals surface area contributed by atoms with E-state index in [1.807, 2.05) is 38.1 Å². The van der Waals surface area contributed by atoms with Crippen molar-refractivity contribution in [1.82, 2.24) is 25.1 Å². The molecule has 0 aromatic carbocycles. The fraction of sp³-hybridized carbons (Fsp3) is 0.0800. The van der Waals surface area contributed by atoms with Crippen LogP contribution < -0.4 is 0 Å². The zero-order chi connectivity index (χ0) is 22.5. The largest absolute Gasteiger partial charge is 0.357 e. The number of rotatable bonds is 7. The summed E-state index contributed by atoms with van der Waals surface area (Å²) < 4.78 is 0. The third-order valence-corrected chi connectivity index (χ3v) is 5.00. The monoisotopic (exact) mass is 421 g/mol. The molecule has 0 aliphatic rings. The van der Waals surface area contributed by atoms with Crippen LogP contribution in [0.25, 0.3) is 28.0 Å². The zero-order valence-electron chi connectivity index (χ0n) is 18.0. The van der Waals surface area contributed by atoms with Crippen molar-refractivity contribution in [2.45, 2.75) is 13.8 Å². The highest BCUT2D eigenvalue weighted by atomic mass is 15.1. The molecule has 4 aromatic heterocycles. The molecule has 32 heavy (non-hydrogen) atoms. The van der Waals surface area contributed by atoms with Crippen LogP contribution in [0, 0.1) is 6.92 Å². The number of aromatic amines is 2. The quantitative estimate of drug-likeness (QED) is 0.399. The molecule has 0 saturated heterocycles. The van der Waals surface area contributed by atoms with Crippen LogP contribution in [0.1, 0.15) is 29.4 Å². The van der Waals surface area contributed by atoms with Crippen LogP contribution in [-0.4, -0.2) is 37.1 Å². The fourth-order valence-corrected chi connectivity index (χ4v) is 3.52. The van der Waals surface area contributed by atoms with Gasteiger partial charge in [0.05, 0.1) is 34.5 Å². The highest BCUT2D eigenvalue weighted by molar-refractivity contribution is 6.14. The maximum absolute atomic E-state index is 4.55. The van der Waals surface area contributed by atoms with Crippen LogP contribution in [-0.2, 0) is 0 Å². The second kappa shape index (κ2) is 9.18. The molecule has 0 atom stereocenters. The van der Waals surface area contributed by atoms with Gasteiger partial charge >= 0.3 is 0 Å². The first kappa shape index (κ1) is 20.9. The Morgan fingerprint density at radius 2 is 1.97 bits per heavy atom. The van der Waals surface area contributed by atoms with Gasteiger partial charge in [0.1, 0.15) is 5.69 Å². The summed E-state index contributed by atoms with van der Waals surface area (Å²) >= 11 is 0. The van der Waals surface area contributed by atoms with Crippen molar-refractivity contribution in [2.24, 2.45) is 9.98 Å². The Balaban J connectivity index is 1.81. The lowest BCUT2D eigenvalue weighted by atomic mass is 10.0. The van der Waals surface area contributed by atoms with Gasteiger partial charge < -0.3 is 4.98 Å². The Hall–Kier alpha value is -4.39. The molecule has 7 heteroatoms. The predicted molar refractivity (Wildman–Crippen MR) is 131 cm³/mol. The van der Waals surface area contributed by atoms with Crippen molar-refractivity contribution in [3.63, 3.8) is 0 Å². The summed E-state index contributed by atoms with van der Waals surface area (Å²) in [7, 11) is 0. The van der Waals surface area contributed by atoms with Crippen LogP contribution in [0.4, 0.5) is 0 Å². The van der Waals surface area contributed by atoms with Crippen LogP contribution in [0.15, 0.2) is 84.4 Å². The Kier molecular flexibility index (Phi) is 5.98. The molecular formula is C25H23N7. The second-order valence-corrected chi connectivity index (χ2v) is 6.99. The first-order chi connectivity index (χ1) is 15.7. The molecule has 0 fully saturated rings. The predicted octanol–water partition coefficient (Wildman–Crippen LogP) is 5.25. The topological polar surface area (TPSA) is 95.0 Å². The summed E-state index contributed by atoms with van der Waals surface area (Å²) in [4.78, 5) is 21.0. The molecule has 4 heterocycles. The molecule has 2 N–H and O–H groups in total. The molecule has 0 unspecified atom stereocenters. The van der Waals surface area contributed by atoms with Crippen molar-refractivity contribution in [2.75, 3.05) is 0 Å². The van der Waals surface area contributed by atoms with Crippen LogP contribution in [0.5, 0.6) is 0 Å². The molecule has 0 aliphatic carbocycles. The number of aromatic nitrogens is 5. The van der Waals surface area contributed by atoms with Crippen molar-refractivity contribution in [1.29, 1.82) is 0 Å². The lowest BCUT2D eigenvalue weighted by molar-refractivity contribution is 1.11. The first-order valence-corrected chi connectivity index (χ1v) is 10.1. The highest BCUT2D eigenvalue weighted by Crippen LogP contribution is 2.30. The smallest absolute Gasteiger partial charge is 0.116 e. The first-order valence-electron chi connectivity index (χ1n) is 10.1. The van der Waals surface area contributed by atoms with Crippen LogP contribution in [0.3, 0.4) is 0 Å². The van der Waals surface area contributed by atoms with Crippen molar-refractivity contribution < 1.29 is 0 Å². The molecule has 7 nitrogen and oxygen atoms in total. The number of nitrogens with zero attached hydrogens (tertiary/aromatic N) is 5. The summed E-state index contributed by atoms with van der Waals surface area (Å²) in [5, 5.41) is 8.56. The van der Waals surface area contributed by atoms with E-state index in [-0.39, 0.29) is 0 Å². The van der Waals surface area contributed by atoms with E-state index in [0.717, 1.165) is 56.2 Å². The normalized spacial score (nSPS) is 12.6. The molecule has 0 radical (unpaired) electrons. The van der Waals surface area contributed by atoms with Crippen molar-refractivity contribution in [3.05, 3.63) is 96.9 Å². The van der Waals surface area contributed by atoms with Crippen LogP contribution in [0.2, 0.25) is 0 Å². The molecule has 0 bridgehead atoms. The van der Waals surface area contributed by atoms with Gasteiger partial charge in [-0.05, 0) is 38.1 Å². The lowest BCUT2D eigenvalue weighted by Gasteiger charge is -2.04. The molecule has 0 amide bonds. The molecule has 0 aliphatic heterocycles. The van der Waals surface area contributed by atoms with Gasteiger partial charge in [0.25, 0.3) is 0 Å². The molecular weight excluding hydrogens is 398 g/mol. The standard InChI is InChI=1S/C25H23N7/c1-5-10-28-20(6-2)21-14-19-23(15-29-21)31-32-25(19)22-13-18(16(4)30-22)24(27-7-3)17-8-11-26-12-9-17/h5-15,30H,1,3H2,2,4H3,(H,31,32)/b20-6-,27-24?,28-10?. The van der Waals surface area contributed by atoms with Crippen molar-refractivity contribution in [3.8, 4) is 11.4 Å². The number of allylic oxidation sites excluding steroid dienone is 2. The van der Waals surface area contributed by atoms with E-state index in [1.54, 1.807) is 37.1 Å². The van der Waals surface area contributed by atoms with Gasteiger partial charge in [0, 0.05) is 47.0 Å². The van der Waals surface area contributed by atoms with E-state index >= 15 is 0 Å². The Bertz CT molecular complexity index is 1370. The summed E-state index contributed by atoms with van der Waals surface area (Å²) in [5.41, 5.74) is 7.78. The van der Waals surface area contributed by atoms with Gasteiger partial charge in [-0.2, -0.15) is 5.10 Å². The second-order valence-electron chi connectivity index (χ2n) is 6.99. The summed E-state index contributed by atoms with van der Waals surface area (Å²) in [6, 6.07) is 7.90. The number of hydrogen-bond donors (Lipinski definition) is 2.